The van der Waals surface area contributed by atoms with Crippen molar-refractivity contribution in [3.8, 4) is 0 Å². The number of unbranched alkanes of at least 4 members (excludes halogenated alkanes) is 1. The molecule has 7 nitrogen and oxygen atoms in total. The monoisotopic (exact) mass is 387 g/mol. The van der Waals surface area contributed by atoms with Gasteiger partial charge in [0.15, 0.2) is 11.2 Å². The molecule has 0 N–H and O–H groups in total. The van der Waals surface area contributed by atoms with Gasteiger partial charge in [-0.3, -0.25) is 13.9 Å². The molecule has 0 amide bonds. The molecule has 0 fully saturated rings. The van der Waals surface area contributed by atoms with Crippen LogP contribution < -0.4 is 16.1 Å². The number of anilines is 2. The molecule has 3 heterocycles. The van der Waals surface area contributed by atoms with E-state index in [9.17, 15) is 9.59 Å². The average Bonchev–Trinajstić information content (AvgIpc) is 3.07. The highest BCUT2D eigenvalue weighted by molar-refractivity contribution is 6.30. The summed E-state index contributed by atoms with van der Waals surface area (Å²) in [7, 11) is 1.68. The predicted molar refractivity (Wildman–Crippen MR) is 107 cm³/mol. The summed E-state index contributed by atoms with van der Waals surface area (Å²) in [5.41, 5.74) is 1.34. The van der Waals surface area contributed by atoms with Crippen molar-refractivity contribution in [1.82, 2.24) is 18.7 Å². The van der Waals surface area contributed by atoms with Crippen LogP contribution in [0.1, 0.15) is 26.2 Å². The highest BCUT2D eigenvalue weighted by Gasteiger charge is 2.26. The standard InChI is InChI=1S/C19H22ClN5O2/c1-3-4-10-25-17(26)15-16(22(2)19(25)27)21-18-23(11-5-12-24(15)18)14-8-6-13(20)7-9-14/h6-9H,3-5,10-12H2,1-2H3. The number of nitrogens with zero attached hydrogens (tertiary/aromatic N) is 5. The molecule has 0 saturated carbocycles. The van der Waals surface area contributed by atoms with Crippen LogP contribution in [0.4, 0.5) is 11.6 Å². The number of benzene rings is 1. The van der Waals surface area contributed by atoms with Crippen molar-refractivity contribution in [2.24, 2.45) is 7.05 Å². The van der Waals surface area contributed by atoms with Gasteiger partial charge in [-0.1, -0.05) is 24.9 Å². The Morgan fingerprint density at radius 3 is 2.59 bits per heavy atom. The second-order valence-electron chi connectivity index (χ2n) is 6.87. The highest BCUT2D eigenvalue weighted by atomic mass is 35.5. The molecule has 0 atom stereocenters. The van der Waals surface area contributed by atoms with Crippen LogP contribution in [-0.2, 0) is 20.1 Å². The second-order valence-corrected chi connectivity index (χ2v) is 7.31. The lowest BCUT2D eigenvalue weighted by Gasteiger charge is -2.29. The Kier molecular flexibility index (Phi) is 4.55. The van der Waals surface area contributed by atoms with E-state index < -0.39 is 0 Å². The van der Waals surface area contributed by atoms with E-state index in [0.717, 1.165) is 31.5 Å². The van der Waals surface area contributed by atoms with E-state index in [4.69, 9.17) is 11.6 Å². The van der Waals surface area contributed by atoms with Crippen molar-refractivity contribution in [3.63, 3.8) is 0 Å². The molecule has 0 unspecified atom stereocenters. The van der Waals surface area contributed by atoms with Crippen molar-refractivity contribution in [2.45, 2.75) is 39.3 Å². The molecule has 1 aliphatic heterocycles. The largest absolute Gasteiger partial charge is 0.332 e. The molecule has 1 aliphatic rings. The molecule has 27 heavy (non-hydrogen) atoms. The van der Waals surface area contributed by atoms with Crippen molar-refractivity contribution in [2.75, 3.05) is 11.4 Å². The summed E-state index contributed by atoms with van der Waals surface area (Å²) in [4.78, 5) is 32.5. The van der Waals surface area contributed by atoms with Gasteiger partial charge in [-0.05, 0) is 37.1 Å². The van der Waals surface area contributed by atoms with Crippen LogP contribution in [-0.4, -0.2) is 25.2 Å². The van der Waals surface area contributed by atoms with E-state index in [-0.39, 0.29) is 11.2 Å². The molecule has 0 bridgehead atoms. The molecule has 0 spiro atoms. The lowest BCUT2D eigenvalue weighted by molar-refractivity contribution is 0.560. The first-order valence-electron chi connectivity index (χ1n) is 9.26. The fourth-order valence-corrected chi connectivity index (χ4v) is 3.77. The number of fused-ring (bicyclic) bond motifs is 3. The zero-order chi connectivity index (χ0) is 19.1. The van der Waals surface area contributed by atoms with Crippen molar-refractivity contribution in [3.05, 3.63) is 50.1 Å². The lowest BCUT2D eigenvalue weighted by Crippen LogP contribution is -2.40. The van der Waals surface area contributed by atoms with E-state index in [0.29, 0.717) is 35.2 Å². The van der Waals surface area contributed by atoms with Crippen molar-refractivity contribution >= 4 is 34.4 Å². The first-order chi connectivity index (χ1) is 13.0. The lowest BCUT2D eigenvalue weighted by atomic mass is 10.2. The Bertz CT molecular complexity index is 1110. The normalized spacial score (nSPS) is 14.0. The first-order valence-corrected chi connectivity index (χ1v) is 9.64. The number of aromatic nitrogens is 4. The molecule has 8 heteroatoms. The SMILES string of the molecule is CCCCn1c(=O)c2c(nc3n2CCCN3c2ccc(Cl)cc2)n(C)c1=O. The molecular weight excluding hydrogens is 366 g/mol. The topological polar surface area (TPSA) is 65.1 Å². The van der Waals surface area contributed by atoms with Crippen LogP contribution in [0.5, 0.6) is 0 Å². The Labute approximate surface area is 161 Å². The van der Waals surface area contributed by atoms with Crippen LogP contribution in [0.2, 0.25) is 5.02 Å². The smallest absolute Gasteiger partial charge is 0.312 e. The van der Waals surface area contributed by atoms with E-state index in [2.05, 4.69) is 9.88 Å². The highest BCUT2D eigenvalue weighted by Crippen LogP contribution is 2.31. The first kappa shape index (κ1) is 17.9. The fourth-order valence-electron chi connectivity index (χ4n) is 3.64. The summed E-state index contributed by atoms with van der Waals surface area (Å²) in [6, 6.07) is 7.56. The van der Waals surface area contributed by atoms with Gasteiger partial charge < -0.3 is 9.47 Å². The van der Waals surface area contributed by atoms with Gasteiger partial charge >= 0.3 is 5.69 Å². The Morgan fingerprint density at radius 2 is 1.89 bits per heavy atom. The zero-order valence-corrected chi connectivity index (χ0v) is 16.2. The van der Waals surface area contributed by atoms with Crippen LogP contribution in [0.25, 0.3) is 11.2 Å². The van der Waals surface area contributed by atoms with Crippen LogP contribution >= 0.6 is 11.6 Å². The van der Waals surface area contributed by atoms with E-state index in [1.165, 1.54) is 9.13 Å². The summed E-state index contributed by atoms with van der Waals surface area (Å²) in [6.07, 6.45) is 2.60. The van der Waals surface area contributed by atoms with Gasteiger partial charge in [0, 0.05) is 37.4 Å². The molecule has 142 valence electrons. The van der Waals surface area contributed by atoms with Gasteiger partial charge in [-0.15, -0.1) is 0 Å². The van der Waals surface area contributed by atoms with Crippen molar-refractivity contribution in [1.29, 1.82) is 0 Å². The number of rotatable bonds is 4. The number of hydrogen-bond acceptors (Lipinski definition) is 4. The maximum atomic E-state index is 13.1. The summed E-state index contributed by atoms with van der Waals surface area (Å²) in [6.45, 7) is 3.97. The minimum atomic E-state index is -0.311. The van der Waals surface area contributed by atoms with Crippen molar-refractivity contribution < 1.29 is 0 Å². The third kappa shape index (κ3) is 2.86. The molecule has 2 aromatic heterocycles. The fraction of sp³-hybridized carbons (Fsp3) is 0.421. The molecule has 0 saturated heterocycles. The number of halogens is 1. The molecular formula is C19H22ClN5O2. The van der Waals surface area contributed by atoms with Gasteiger partial charge in [0.1, 0.15) is 0 Å². The Hall–Kier alpha value is -2.54. The molecule has 1 aromatic carbocycles. The molecule has 4 rings (SSSR count). The minimum Gasteiger partial charge on any atom is -0.312 e. The number of imidazole rings is 1. The number of hydrogen-bond donors (Lipinski definition) is 0. The van der Waals surface area contributed by atoms with E-state index in [1.807, 2.05) is 35.8 Å². The van der Waals surface area contributed by atoms with E-state index >= 15 is 0 Å². The van der Waals surface area contributed by atoms with Crippen LogP contribution in [0, 0.1) is 0 Å². The average molecular weight is 388 g/mol. The predicted octanol–water partition coefficient (Wildman–Crippen LogP) is 2.89. The van der Waals surface area contributed by atoms with Gasteiger partial charge in [0.2, 0.25) is 5.95 Å². The summed E-state index contributed by atoms with van der Waals surface area (Å²) in [5.74, 6) is 0.693. The van der Waals surface area contributed by atoms with E-state index in [1.54, 1.807) is 7.05 Å². The van der Waals surface area contributed by atoms with Crippen LogP contribution in [0.3, 0.4) is 0 Å². The van der Waals surface area contributed by atoms with Gasteiger partial charge in [-0.25, -0.2) is 4.79 Å². The third-order valence-corrected chi connectivity index (χ3v) is 5.34. The summed E-state index contributed by atoms with van der Waals surface area (Å²) >= 11 is 6.01. The molecule has 3 aromatic rings. The summed E-state index contributed by atoms with van der Waals surface area (Å²) < 4.78 is 4.76. The van der Waals surface area contributed by atoms with Gasteiger partial charge in [-0.2, -0.15) is 4.98 Å². The molecule has 0 aliphatic carbocycles. The van der Waals surface area contributed by atoms with Gasteiger partial charge in [0.25, 0.3) is 5.56 Å². The van der Waals surface area contributed by atoms with Gasteiger partial charge in [0.05, 0.1) is 0 Å². The minimum absolute atomic E-state index is 0.252. The zero-order valence-electron chi connectivity index (χ0n) is 15.5. The van der Waals surface area contributed by atoms with Crippen LogP contribution in [0.15, 0.2) is 33.9 Å². The third-order valence-electron chi connectivity index (χ3n) is 5.09. The quantitative estimate of drug-likeness (QED) is 0.690. The Balaban J connectivity index is 1.94. The maximum absolute atomic E-state index is 13.1. The second kappa shape index (κ2) is 6.88. The summed E-state index contributed by atoms with van der Waals surface area (Å²) in [5, 5.41) is 0.672. The Morgan fingerprint density at radius 1 is 1.15 bits per heavy atom. The number of aryl methyl sites for hydroxylation is 2. The maximum Gasteiger partial charge on any atom is 0.332 e. The molecule has 0 radical (unpaired) electrons.